The molecule has 0 aliphatic rings. The predicted molar refractivity (Wildman–Crippen MR) is 119 cm³/mol. The van der Waals surface area contributed by atoms with Gasteiger partial charge in [0.2, 0.25) is 0 Å². The van der Waals surface area contributed by atoms with Gasteiger partial charge in [-0.1, -0.05) is 0 Å². The molecule has 2 heterocycles. The number of nitrogens with zero attached hydrogens (tertiary/aromatic N) is 3. The van der Waals surface area contributed by atoms with Gasteiger partial charge in [0, 0.05) is 24.4 Å². The molecule has 0 unspecified atom stereocenters. The lowest BCUT2D eigenvalue weighted by Crippen LogP contribution is -2.15. The standard InChI is InChI=1S/C22H18FN3O7S/c23-14-3-6-17(7-4-14)31-12-20-24-15(13-34-20)11-32-21(27)2-1-9-25-18-8-5-16(26(29)30)10-19(18)33-22(25)28/h3-8,10,13H,1-2,9,11-12H2. The van der Waals surface area contributed by atoms with Crippen LogP contribution in [-0.4, -0.2) is 20.4 Å². The third kappa shape index (κ3) is 5.64. The van der Waals surface area contributed by atoms with Crippen LogP contribution in [0.4, 0.5) is 10.1 Å². The Balaban J connectivity index is 1.23. The van der Waals surface area contributed by atoms with Crippen molar-refractivity contribution in [3.63, 3.8) is 0 Å². The zero-order valence-electron chi connectivity index (χ0n) is 17.6. The molecule has 12 heteroatoms. The molecule has 0 spiro atoms. The summed E-state index contributed by atoms with van der Waals surface area (Å²) in [5.74, 6) is -0.926. The average molecular weight is 487 g/mol. The Hall–Kier alpha value is -4.06. The number of hydrogen-bond donors (Lipinski definition) is 0. The summed E-state index contributed by atoms with van der Waals surface area (Å²) in [4.78, 5) is 38.7. The van der Waals surface area contributed by atoms with Gasteiger partial charge in [-0.25, -0.2) is 14.2 Å². The summed E-state index contributed by atoms with van der Waals surface area (Å²) in [5.41, 5.74) is 0.935. The number of oxazole rings is 1. The molecule has 0 aliphatic heterocycles. The SMILES string of the molecule is O=C(CCCn1c(=O)oc2cc([N+](=O)[O-])ccc21)OCc1csc(COc2ccc(F)cc2)n1. The van der Waals surface area contributed by atoms with Crippen molar-refractivity contribution in [1.29, 1.82) is 0 Å². The molecule has 0 amide bonds. The van der Waals surface area contributed by atoms with Crippen molar-refractivity contribution < 1.29 is 28.0 Å². The zero-order valence-corrected chi connectivity index (χ0v) is 18.5. The van der Waals surface area contributed by atoms with Crippen LogP contribution in [0.2, 0.25) is 0 Å². The average Bonchev–Trinajstić information content (AvgIpc) is 3.40. The maximum absolute atomic E-state index is 12.9. The topological polar surface area (TPSA) is 127 Å². The molecule has 0 bridgehead atoms. The number of aromatic nitrogens is 2. The number of non-ortho nitro benzene ring substituents is 1. The highest BCUT2D eigenvalue weighted by Crippen LogP contribution is 2.20. The first kappa shape index (κ1) is 23.1. The molecule has 2 aromatic carbocycles. The molecule has 0 N–H and O–H groups in total. The second-order valence-corrected chi connectivity index (χ2v) is 8.11. The molecular weight excluding hydrogens is 469 g/mol. The van der Waals surface area contributed by atoms with E-state index >= 15 is 0 Å². The largest absolute Gasteiger partial charge is 0.486 e. The van der Waals surface area contributed by atoms with E-state index in [0.29, 0.717) is 28.4 Å². The molecule has 0 atom stereocenters. The Kier molecular flexibility index (Phi) is 6.97. The van der Waals surface area contributed by atoms with Crippen molar-refractivity contribution in [2.45, 2.75) is 32.6 Å². The highest BCUT2D eigenvalue weighted by molar-refractivity contribution is 7.09. The fourth-order valence-corrected chi connectivity index (χ4v) is 3.84. The minimum atomic E-state index is -0.651. The van der Waals surface area contributed by atoms with Gasteiger partial charge in [0.1, 0.15) is 29.8 Å². The lowest BCUT2D eigenvalue weighted by Gasteiger charge is -2.04. The Morgan fingerprint density at radius 2 is 2.00 bits per heavy atom. The van der Waals surface area contributed by atoms with Crippen LogP contribution in [0.5, 0.6) is 5.75 Å². The minimum Gasteiger partial charge on any atom is -0.486 e. The summed E-state index contributed by atoms with van der Waals surface area (Å²) < 4.78 is 30.1. The molecule has 4 rings (SSSR count). The van der Waals surface area contributed by atoms with E-state index in [1.54, 1.807) is 5.38 Å². The lowest BCUT2D eigenvalue weighted by atomic mass is 10.2. The summed E-state index contributed by atoms with van der Waals surface area (Å²) in [6.07, 6.45) is 0.384. The first-order valence-electron chi connectivity index (χ1n) is 10.1. The van der Waals surface area contributed by atoms with Gasteiger partial charge in [-0.3, -0.25) is 19.5 Å². The number of nitro groups is 1. The van der Waals surface area contributed by atoms with E-state index in [1.165, 1.54) is 58.4 Å². The van der Waals surface area contributed by atoms with E-state index < -0.39 is 16.6 Å². The molecule has 10 nitrogen and oxygen atoms in total. The molecule has 0 saturated carbocycles. The minimum absolute atomic E-state index is 0.00411. The number of fused-ring (bicyclic) bond motifs is 1. The number of aryl methyl sites for hydroxylation is 1. The lowest BCUT2D eigenvalue weighted by molar-refractivity contribution is -0.384. The van der Waals surface area contributed by atoms with Gasteiger partial charge in [-0.05, 0) is 36.8 Å². The van der Waals surface area contributed by atoms with Crippen LogP contribution in [0.1, 0.15) is 23.5 Å². The smallest absolute Gasteiger partial charge is 0.419 e. The number of esters is 1. The Labute approximate surface area is 195 Å². The number of hydrogen-bond acceptors (Lipinski definition) is 9. The summed E-state index contributed by atoms with van der Waals surface area (Å²) in [6.45, 7) is 0.408. The first-order valence-corrected chi connectivity index (χ1v) is 11.0. The van der Waals surface area contributed by atoms with Crippen LogP contribution >= 0.6 is 11.3 Å². The van der Waals surface area contributed by atoms with E-state index in [-0.39, 0.29) is 43.3 Å². The quantitative estimate of drug-likeness (QED) is 0.185. The van der Waals surface area contributed by atoms with Gasteiger partial charge >= 0.3 is 11.7 Å². The Bertz CT molecular complexity index is 1380. The molecule has 0 radical (unpaired) electrons. The molecule has 2 aromatic heterocycles. The summed E-state index contributed by atoms with van der Waals surface area (Å²) >= 11 is 1.35. The normalized spacial score (nSPS) is 11.0. The number of nitro benzene ring substituents is 1. The fourth-order valence-electron chi connectivity index (χ4n) is 3.15. The maximum Gasteiger partial charge on any atom is 0.419 e. The predicted octanol–water partition coefficient (Wildman–Crippen LogP) is 4.20. The number of carbonyl (C=O) groups is 1. The van der Waals surface area contributed by atoms with Crippen molar-refractivity contribution in [3.05, 3.63) is 85.0 Å². The van der Waals surface area contributed by atoms with Crippen molar-refractivity contribution in [3.8, 4) is 5.75 Å². The monoisotopic (exact) mass is 487 g/mol. The number of ether oxygens (including phenoxy) is 2. The second kappa shape index (κ2) is 10.3. The molecule has 176 valence electrons. The molecule has 0 aliphatic carbocycles. The third-order valence-corrected chi connectivity index (χ3v) is 5.65. The van der Waals surface area contributed by atoms with Crippen molar-refractivity contribution >= 4 is 34.1 Å². The van der Waals surface area contributed by atoms with Gasteiger partial charge in [0.05, 0.1) is 22.2 Å². The van der Waals surface area contributed by atoms with Gasteiger partial charge in [0.25, 0.3) is 5.69 Å². The molecular formula is C22H18FN3O7S. The van der Waals surface area contributed by atoms with Crippen molar-refractivity contribution in [1.82, 2.24) is 9.55 Å². The van der Waals surface area contributed by atoms with Gasteiger partial charge in [0.15, 0.2) is 5.58 Å². The van der Waals surface area contributed by atoms with Gasteiger partial charge in [-0.15, -0.1) is 11.3 Å². The fraction of sp³-hybridized carbons (Fsp3) is 0.227. The van der Waals surface area contributed by atoms with Crippen molar-refractivity contribution in [2.75, 3.05) is 0 Å². The van der Waals surface area contributed by atoms with E-state index in [1.807, 2.05) is 0 Å². The van der Waals surface area contributed by atoms with Crippen LogP contribution in [0, 0.1) is 15.9 Å². The van der Waals surface area contributed by atoms with Crippen molar-refractivity contribution in [2.24, 2.45) is 0 Å². The summed E-state index contributed by atoms with van der Waals surface area (Å²) in [6, 6.07) is 9.57. The van der Waals surface area contributed by atoms with E-state index in [4.69, 9.17) is 13.9 Å². The number of thiazole rings is 1. The Morgan fingerprint density at radius 1 is 1.21 bits per heavy atom. The van der Waals surface area contributed by atoms with E-state index in [2.05, 4.69) is 4.98 Å². The molecule has 0 fully saturated rings. The zero-order chi connectivity index (χ0) is 24.1. The van der Waals surface area contributed by atoms with Crippen LogP contribution in [0.15, 0.2) is 57.1 Å². The molecule has 34 heavy (non-hydrogen) atoms. The van der Waals surface area contributed by atoms with Crippen LogP contribution in [-0.2, 0) is 29.3 Å². The number of halogens is 1. The highest BCUT2D eigenvalue weighted by atomic mass is 32.1. The molecule has 0 saturated heterocycles. The summed E-state index contributed by atoms with van der Waals surface area (Å²) in [7, 11) is 0. The number of benzene rings is 2. The Morgan fingerprint density at radius 3 is 2.76 bits per heavy atom. The number of carbonyl (C=O) groups excluding carboxylic acids is 1. The van der Waals surface area contributed by atoms with Gasteiger partial charge < -0.3 is 13.9 Å². The third-order valence-electron chi connectivity index (χ3n) is 4.78. The highest BCUT2D eigenvalue weighted by Gasteiger charge is 2.15. The maximum atomic E-state index is 12.9. The number of rotatable bonds is 10. The van der Waals surface area contributed by atoms with E-state index in [9.17, 15) is 24.1 Å². The summed E-state index contributed by atoms with van der Waals surface area (Å²) in [5, 5.41) is 13.3. The molecule has 4 aromatic rings. The second-order valence-electron chi connectivity index (χ2n) is 7.17. The first-order chi connectivity index (χ1) is 16.4. The van der Waals surface area contributed by atoms with Crippen LogP contribution in [0.25, 0.3) is 11.1 Å². The van der Waals surface area contributed by atoms with Crippen LogP contribution in [0.3, 0.4) is 0 Å². The van der Waals surface area contributed by atoms with Crippen LogP contribution < -0.4 is 10.5 Å². The van der Waals surface area contributed by atoms with Gasteiger partial charge in [-0.2, -0.15) is 0 Å². The van der Waals surface area contributed by atoms with E-state index in [0.717, 1.165) is 0 Å².